The summed E-state index contributed by atoms with van der Waals surface area (Å²) in [7, 11) is 0. The number of rotatable bonds is 2. The van der Waals surface area contributed by atoms with Gasteiger partial charge in [0.25, 0.3) is 0 Å². The quantitative estimate of drug-likeness (QED) is 0.630. The van der Waals surface area contributed by atoms with E-state index in [1.165, 1.54) is 25.0 Å². The molecular formula is C10H6N8O2. The minimum atomic E-state index is -0.186. The number of hydrogen-bond acceptors (Lipinski definition) is 10. The van der Waals surface area contributed by atoms with Gasteiger partial charge in [-0.05, 0) is 0 Å². The number of aromatic nitrogens is 8. The fourth-order valence-electron chi connectivity index (χ4n) is 1.41. The summed E-state index contributed by atoms with van der Waals surface area (Å²) in [6.45, 7) is 0. The molecule has 0 radical (unpaired) electrons. The molecule has 0 saturated heterocycles. The van der Waals surface area contributed by atoms with Crippen LogP contribution in [0.15, 0.2) is 25.0 Å². The molecule has 10 heteroatoms. The van der Waals surface area contributed by atoms with E-state index in [0.29, 0.717) is 0 Å². The van der Waals surface area contributed by atoms with Crippen LogP contribution in [0.1, 0.15) is 0 Å². The molecule has 10 nitrogen and oxygen atoms in total. The first-order chi connectivity index (χ1) is 9.75. The zero-order chi connectivity index (χ0) is 13.9. The third-order valence-electron chi connectivity index (χ3n) is 2.29. The minimum absolute atomic E-state index is 0.0298. The van der Waals surface area contributed by atoms with E-state index in [4.69, 9.17) is 0 Å². The molecule has 20 heavy (non-hydrogen) atoms. The van der Waals surface area contributed by atoms with Crippen molar-refractivity contribution in [2.24, 2.45) is 0 Å². The first kappa shape index (κ1) is 11.8. The maximum atomic E-state index is 9.57. The Balaban J connectivity index is 2.01. The van der Waals surface area contributed by atoms with Crippen LogP contribution in [0.3, 0.4) is 0 Å². The summed E-state index contributed by atoms with van der Waals surface area (Å²) in [6, 6.07) is 0. The van der Waals surface area contributed by atoms with Crippen molar-refractivity contribution in [2.45, 2.75) is 0 Å². The van der Waals surface area contributed by atoms with Gasteiger partial charge in [0.15, 0.2) is 22.9 Å². The van der Waals surface area contributed by atoms with Gasteiger partial charge in [0.2, 0.25) is 11.6 Å². The Morgan fingerprint density at radius 3 is 1.40 bits per heavy atom. The highest BCUT2D eigenvalue weighted by Crippen LogP contribution is 2.23. The third-order valence-corrected chi connectivity index (χ3v) is 2.29. The predicted octanol–water partition coefficient (Wildman–Crippen LogP) is -0.408. The van der Waals surface area contributed by atoms with Crippen LogP contribution in [0.25, 0.3) is 23.0 Å². The van der Waals surface area contributed by atoms with E-state index < -0.39 is 0 Å². The van der Waals surface area contributed by atoms with E-state index >= 15 is 0 Å². The average molecular weight is 270 g/mol. The second kappa shape index (κ2) is 4.76. The van der Waals surface area contributed by atoms with E-state index in [0.717, 1.165) is 0 Å². The van der Waals surface area contributed by atoms with Gasteiger partial charge < -0.3 is 10.2 Å². The summed E-state index contributed by atoms with van der Waals surface area (Å²) >= 11 is 0. The normalized spacial score (nSPS) is 10.4. The van der Waals surface area contributed by atoms with Crippen LogP contribution in [-0.4, -0.2) is 50.5 Å². The highest BCUT2D eigenvalue weighted by molar-refractivity contribution is 5.58. The Labute approximate surface area is 111 Å². The molecule has 98 valence electrons. The SMILES string of the molecule is Oc1cncnc1-c1nnc(-c2ncncc2O)nn1. The second-order valence-corrected chi connectivity index (χ2v) is 3.56. The number of nitrogens with zero attached hydrogens (tertiary/aromatic N) is 8. The van der Waals surface area contributed by atoms with Crippen molar-refractivity contribution in [2.75, 3.05) is 0 Å². The third kappa shape index (κ3) is 2.05. The molecule has 0 aromatic carbocycles. The summed E-state index contributed by atoms with van der Waals surface area (Å²) < 4.78 is 0. The Kier molecular flexibility index (Phi) is 2.80. The lowest BCUT2D eigenvalue weighted by Crippen LogP contribution is -2.02. The number of hydrogen-bond donors (Lipinski definition) is 2. The van der Waals surface area contributed by atoms with Gasteiger partial charge in [0.05, 0.1) is 12.4 Å². The van der Waals surface area contributed by atoms with Crippen LogP contribution in [0, 0.1) is 0 Å². The molecule has 3 rings (SSSR count). The van der Waals surface area contributed by atoms with Gasteiger partial charge in [-0.25, -0.2) is 19.9 Å². The lowest BCUT2D eigenvalue weighted by Gasteiger charge is -2.01. The summed E-state index contributed by atoms with van der Waals surface area (Å²) in [4.78, 5) is 14.9. The molecule has 0 saturated carbocycles. The molecule has 0 amide bonds. The summed E-state index contributed by atoms with van der Waals surface area (Å²) in [5.74, 6) is -0.313. The highest BCUT2D eigenvalue weighted by atomic mass is 16.3. The molecular weight excluding hydrogens is 264 g/mol. The summed E-state index contributed by atoms with van der Waals surface area (Å²) in [5.41, 5.74) is 0.219. The molecule has 0 fully saturated rings. The van der Waals surface area contributed by atoms with Gasteiger partial charge in [-0.15, -0.1) is 20.4 Å². The van der Waals surface area contributed by atoms with Gasteiger partial charge in [-0.1, -0.05) is 0 Å². The maximum Gasteiger partial charge on any atom is 0.225 e. The van der Waals surface area contributed by atoms with Crippen molar-refractivity contribution in [1.82, 2.24) is 40.3 Å². The van der Waals surface area contributed by atoms with Gasteiger partial charge in [0.1, 0.15) is 12.7 Å². The first-order valence-electron chi connectivity index (χ1n) is 5.32. The highest BCUT2D eigenvalue weighted by Gasteiger charge is 2.14. The van der Waals surface area contributed by atoms with Crippen LogP contribution < -0.4 is 0 Å². The summed E-state index contributed by atoms with van der Waals surface area (Å²) in [6.07, 6.45) is 4.89. The molecule has 0 aliphatic carbocycles. The van der Waals surface area contributed by atoms with Crippen molar-refractivity contribution in [3.8, 4) is 34.5 Å². The van der Waals surface area contributed by atoms with Gasteiger partial charge in [0, 0.05) is 0 Å². The largest absolute Gasteiger partial charge is 0.504 e. The Morgan fingerprint density at radius 2 is 1.05 bits per heavy atom. The Bertz CT molecular complexity index is 684. The van der Waals surface area contributed by atoms with Crippen LogP contribution >= 0.6 is 0 Å². The van der Waals surface area contributed by atoms with E-state index in [9.17, 15) is 10.2 Å². The smallest absolute Gasteiger partial charge is 0.225 e. The maximum absolute atomic E-state index is 9.57. The molecule has 0 atom stereocenters. The molecule has 2 N–H and O–H groups in total. The fourth-order valence-corrected chi connectivity index (χ4v) is 1.41. The lowest BCUT2D eigenvalue weighted by molar-refractivity contribution is 0.469. The topological polar surface area (TPSA) is 144 Å². The zero-order valence-corrected chi connectivity index (χ0v) is 9.78. The van der Waals surface area contributed by atoms with Crippen molar-refractivity contribution in [3.05, 3.63) is 25.0 Å². The van der Waals surface area contributed by atoms with Crippen LogP contribution in [0.2, 0.25) is 0 Å². The molecule has 3 aromatic heterocycles. The molecule has 0 aliphatic heterocycles. The Morgan fingerprint density at radius 1 is 0.650 bits per heavy atom. The van der Waals surface area contributed by atoms with Gasteiger partial charge in [-0.3, -0.25) is 0 Å². The van der Waals surface area contributed by atoms with E-state index in [1.807, 2.05) is 0 Å². The standard InChI is InChI=1S/C10H6N8O2/c19-5-1-11-3-13-7(5)9-15-17-10(18-16-9)8-6(20)2-12-4-14-8/h1-4,19-20H. The van der Waals surface area contributed by atoms with Gasteiger partial charge in [-0.2, -0.15) is 0 Å². The van der Waals surface area contributed by atoms with Crippen molar-refractivity contribution in [1.29, 1.82) is 0 Å². The first-order valence-corrected chi connectivity index (χ1v) is 5.32. The predicted molar refractivity (Wildman–Crippen MR) is 63.0 cm³/mol. The molecule has 0 bridgehead atoms. The van der Waals surface area contributed by atoms with Crippen molar-refractivity contribution in [3.63, 3.8) is 0 Å². The van der Waals surface area contributed by atoms with Crippen LogP contribution in [-0.2, 0) is 0 Å². The molecule has 0 aliphatic rings. The lowest BCUT2D eigenvalue weighted by atomic mass is 10.3. The summed E-state index contributed by atoms with van der Waals surface area (Å²) in [5, 5.41) is 34.3. The molecule has 0 spiro atoms. The van der Waals surface area contributed by atoms with Crippen molar-refractivity contribution >= 4 is 0 Å². The van der Waals surface area contributed by atoms with Crippen molar-refractivity contribution < 1.29 is 10.2 Å². The minimum Gasteiger partial charge on any atom is -0.504 e. The van der Waals surface area contributed by atoms with Crippen LogP contribution in [0.4, 0.5) is 0 Å². The van der Waals surface area contributed by atoms with Gasteiger partial charge >= 0.3 is 0 Å². The Hall–Kier alpha value is -3.30. The van der Waals surface area contributed by atoms with E-state index in [2.05, 4.69) is 40.3 Å². The van der Waals surface area contributed by atoms with Crippen LogP contribution in [0.5, 0.6) is 11.5 Å². The zero-order valence-electron chi connectivity index (χ0n) is 9.78. The second-order valence-electron chi connectivity index (χ2n) is 3.56. The van der Waals surface area contributed by atoms with E-state index in [-0.39, 0.29) is 34.5 Å². The van der Waals surface area contributed by atoms with E-state index in [1.54, 1.807) is 0 Å². The monoisotopic (exact) mass is 270 g/mol. The molecule has 0 unspecified atom stereocenters. The fraction of sp³-hybridized carbons (Fsp3) is 0. The average Bonchev–Trinajstić information content (AvgIpc) is 2.49. The molecule has 3 heterocycles. The molecule has 3 aromatic rings. The number of aromatic hydroxyl groups is 2.